The number of aliphatic hydroxyl groups is 1. The first-order valence-corrected chi connectivity index (χ1v) is 5.56. The molecule has 0 heterocycles. The highest BCUT2D eigenvalue weighted by atomic mass is 19.1. The third-order valence-electron chi connectivity index (χ3n) is 2.94. The smallest absolute Gasteiger partial charge is 0.128 e. The number of hydrogen-bond acceptors (Lipinski definition) is 2. The Bertz CT molecular complexity index is 350. The second-order valence-electron chi connectivity index (χ2n) is 4.26. The van der Waals surface area contributed by atoms with Crippen molar-refractivity contribution in [2.75, 3.05) is 5.32 Å². The van der Waals surface area contributed by atoms with E-state index in [0.29, 0.717) is 5.69 Å². The van der Waals surface area contributed by atoms with Crippen LogP contribution in [0.1, 0.15) is 25.7 Å². The molecule has 2 N–H and O–H groups in total. The Balaban J connectivity index is 2.07. The molecular weight excluding hydrogens is 212 g/mol. The Labute approximate surface area is 93.3 Å². The van der Waals surface area contributed by atoms with E-state index in [0.717, 1.165) is 31.7 Å². The standard InChI is InChI=1S/C12H15F2NO/c13-8-5-9(14)7-10(6-8)15-11-3-1-2-4-12(11)16/h5-7,11-12,15-16H,1-4H2/t11-,12-/m0/s1. The summed E-state index contributed by atoms with van der Waals surface area (Å²) in [6.07, 6.45) is 3.19. The summed E-state index contributed by atoms with van der Waals surface area (Å²) in [7, 11) is 0. The van der Waals surface area contributed by atoms with Crippen molar-refractivity contribution in [1.29, 1.82) is 0 Å². The lowest BCUT2D eigenvalue weighted by Gasteiger charge is -2.29. The molecule has 0 saturated heterocycles. The summed E-state index contributed by atoms with van der Waals surface area (Å²) in [5.41, 5.74) is 0.392. The van der Waals surface area contributed by atoms with Crippen molar-refractivity contribution < 1.29 is 13.9 Å². The summed E-state index contributed by atoms with van der Waals surface area (Å²) in [4.78, 5) is 0. The molecule has 16 heavy (non-hydrogen) atoms. The molecule has 0 aromatic heterocycles. The molecule has 0 unspecified atom stereocenters. The number of aliphatic hydroxyl groups excluding tert-OH is 1. The molecule has 2 atom stereocenters. The number of benzene rings is 1. The predicted molar refractivity (Wildman–Crippen MR) is 58.2 cm³/mol. The zero-order valence-electron chi connectivity index (χ0n) is 8.92. The fourth-order valence-corrected chi connectivity index (χ4v) is 2.13. The van der Waals surface area contributed by atoms with Gasteiger partial charge >= 0.3 is 0 Å². The number of anilines is 1. The van der Waals surface area contributed by atoms with Gasteiger partial charge in [0.25, 0.3) is 0 Å². The average molecular weight is 227 g/mol. The maximum absolute atomic E-state index is 12.9. The van der Waals surface area contributed by atoms with Crippen molar-refractivity contribution in [1.82, 2.24) is 0 Å². The van der Waals surface area contributed by atoms with Crippen LogP contribution in [-0.2, 0) is 0 Å². The first-order valence-electron chi connectivity index (χ1n) is 5.56. The van der Waals surface area contributed by atoms with E-state index in [2.05, 4.69) is 5.32 Å². The molecule has 0 spiro atoms. The number of nitrogens with one attached hydrogen (secondary N) is 1. The molecule has 0 bridgehead atoms. The van der Waals surface area contributed by atoms with Gasteiger partial charge in [-0.2, -0.15) is 0 Å². The van der Waals surface area contributed by atoms with E-state index < -0.39 is 17.7 Å². The van der Waals surface area contributed by atoms with Gasteiger partial charge in [0, 0.05) is 11.8 Å². The highest BCUT2D eigenvalue weighted by molar-refractivity contribution is 5.44. The van der Waals surface area contributed by atoms with E-state index in [-0.39, 0.29) is 6.04 Å². The molecule has 2 rings (SSSR count). The predicted octanol–water partition coefficient (Wildman–Crippen LogP) is 2.68. The van der Waals surface area contributed by atoms with Crippen LogP contribution in [0, 0.1) is 11.6 Å². The summed E-state index contributed by atoms with van der Waals surface area (Å²) >= 11 is 0. The van der Waals surface area contributed by atoms with Gasteiger partial charge in [-0.05, 0) is 25.0 Å². The lowest BCUT2D eigenvalue weighted by Crippen LogP contribution is -2.36. The van der Waals surface area contributed by atoms with Crippen LogP contribution in [0.4, 0.5) is 14.5 Å². The number of rotatable bonds is 2. The highest BCUT2D eigenvalue weighted by Crippen LogP contribution is 2.23. The first kappa shape index (κ1) is 11.3. The van der Waals surface area contributed by atoms with Crippen LogP contribution in [0.15, 0.2) is 18.2 Å². The second-order valence-corrected chi connectivity index (χ2v) is 4.26. The van der Waals surface area contributed by atoms with Crippen LogP contribution in [0.2, 0.25) is 0 Å². The Kier molecular flexibility index (Phi) is 3.39. The van der Waals surface area contributed by atoms with E-state index in [1.807, 2.05) is 0 Å². The third kappa shape index (κ3) is 2.70. The largest absolute Gasteiger partial charge is 0.391 e. The van der Waals surface area contributed by atoms with Crippen molar-refractivity contribution in [2.24, 2.45) is 0 Å². The molecule has 0 amide bonds. The number of halogens is 2. The molecule has 1 aromatic rings. The molecular formula is C12H15F2NO. The summed E-state index contributed by atoms with van der Waals surface area (Å²) in [6.45, 7) is 0. The Hall–Kier alpha value is -1.16. The lowest BCUT2D eigenvalue weighted by molar-refractivity contribution is 0.116. The van der Waals surface area contributed by atoms with Crippen LogP contribution < -0.4 is 5.32 Å². The number of hydrogen-bond donors (Lipinski definition) is 2. The maximum Gasteiger partial charge on any atom is 0.128 e. The van der Waals surface area contributed by atoms with Gasteiger partial charge in [-0.25, -0.2) is 8.78 Å². The van der Waals surface area contributed by atoms with Crippen molar-refractivity contribution in [3.8, 4) is 0 Å². The molecule has 4 heteroatoms. The first-order chi connectivity index (χ1) is 7.65. The van der Waals surface area contributed by atoms with Crippen LogP contribution in [0.3, 0.4) is 0 Å². The van der Waals surface area contributed by atoms with Gasteiger partial charge in [0.2, 0.25) is 0 Å². The fraction of sp³-hybridized carbons (Fsp3) is 0.500. The minimum atomic E-state index is -0.604. The quantitative estimate of drug-likeness (QED) is 0.814. The van der Waals surface area contributed by atoms with Gasteiger partial charge < -0.3 is 10.4 Å². The highest BCUT2D eigenvalue weighted by Gasteiger charge is 2.22. The monoisotopic (exact) mass is 227 g/mol. The molecule has 1 saturated carbocycles. The van der Waals surface area contributed by atoms with E-state index >= 15 is 0 Å². The van der Waals surface area contributed by atoms with Crippen molar-refractivity contribution in [2.45, 2.75) is 37.8 Å². The van der Waals surface area contributed by atoms with E-state index in [9.17, 15) is 13.9 Å². The van der Waals surface area contributed by atoms with Gasteiger partial charge in [0.15, 0.2) is 0 Å². The zero-order chi connectivity index (χ0) is 11.5. The second kappa shape index (κ2) is 4.78. The Morgan fingerprint density at radius 3 is 2.31 bits per heavy atom. The topological polar surface area (TPSA) is 32.3 Å². The lowest BCUT2D eigenvalue weighted by atomic mass is 9.92. The van der Waals surface area contributed by atoms with Gasteiger partial charge in [-0.3, -0.25) is 0 Å². The fourth-order valence-electron chi connectivity index (χ4n) is 2.13. The summed E-state index contributed by atoms with van der Waals surface area (Å²) in [5, 5.41) is 12.7. The molecule has 1 fully saturated rings. The minimum absolute atomic E-state index is 0.102. The third-order valence-corrected chi connectivity index (χ3v) is 2.94. The molecule has 0 radical (unpaired) electrons. The molecule has 1 aromatic carbocycles. The molecule has 0 aliphatic heterocycles. The van der Waals surface area contributed by atoms with Gasteiger partial charge in [-0.15, -0.1) is 0 Å². The van der Waals surface area contributed by atoms with Gasteiger partial charge in [0.05, 0.1) is 12.1 Å². The summed E-state index contributed by atoms with van der Waals surface area (Å²) < 4.78 is 25.9. The summed E-state index contributed by atoms with van der Waals surface area (Å²) in [5.74, 6) is -1.21. The SMILES string of the molecule is O[C@H]1CCCC[C@@H]1Nc1cc(F)cc(F)c1. The van der Waals surface area contributed by atoms with Crippen LogP contribution >= 0.6 is 0 Å². The molecule has 1 aliphatic carbocycles. The van der Waals surface area contributed by atoms with Crippen molar-refractivity contribution >= 4 is 5.69 Å². The normalized spacial score (nSPS) is 25.4. The molecule has 2 nitrogen and oxygen atoms in total. The Morgan fingerprint density at radius 1 is 1.06 bits per heavy atom. The summed E-state index contributed by atoms with van der Waals surface area (Å²) in [6, 6.07) is 3.21. The van der Waals surface area contributed by atoms with Gasteiger partial charge in [-0.1, -0.05) is 12.8 Å². The minimum Gasteiger partial charge on any atom is -0.391 e. The van der Waals surface area contributed by atoms with Crippen molar-refractivity contribution in [3.05, 3.63) is 29.8 Å². The van der Waals surface area contributed by atoms with Crippen LogP contribution in [0.25, 0.3) is 0 Å². The van der Waals surface area contributed by atoms with Gasteiger partial charge in [0.1, 0.15) is 11.6 Å². The van der Waals surface area contributed by atoms with E-state index in [4.69, 9.17) is 0 Å². The van der Waals surface area contributed by atoms with E-state index in [1.54, 1.807) is 0 Å². The van der Waals surface area contributed by atoms with Crippen LogP contribution in [-0.4, -0.2) is 17.3 Å². The maximum atomic E-state index is 12.9. The van der Waals surface area contributed by atoms with Crippen molar-refractivity contribution in [3.63, 3.8) is 0 Å². The molecule has 88 valence electrons. The zero-order valence-corrected chi connectivity index (χ0v) is 8.92. The van der Waals surface area contributed by atoms with Crippen LogP contribution in [0.5, 0.6) is 0 Å². The Morgan fingerprint density at radius 2 is 1.69 bits per heavy atom. The molecule has 1 aliphatic rings. The average Bonchev–Trinajstić information content (AvgIpc) is 2.20. The van der Waals surface area contributed by atoms with E-state index in [1.165, 1.54) is 12.1 Å².